The zero-order valence-corrected chi connectivity index (χ0v) is 27.7. The summed E-state index contributed by atoms with van der Waals surface area (Å²) in [5.74, 6) is -5.11. The lowest BCUT2D eigenvalue weighted by atomic mass is 9.82. The summed E-state index contributed by atoms with van der Waals surface area (Å²) in [6.07, 6.45) is -8.22. The van der Waals surface area contributed by atoms with Crippen molar-refractivity contribution >= 4 is 0 Å². The second kappa shape index (κ2) is 19.6. The highest BCUT2D eigenvalue weighted by molar-refractivity contribution is 5.09. The van der Waals surface area contributed by atoms with Gasteiger partial charge in [-0.2, -0.15) is 0 Å². The lowest BCUT2D eigenvalue weighted by Crippen LogP contribution is -2.81. The lowest BCUT2D eigenvalue weighted by Gasteiger charge is -2.58. The summed E-state index contributed by atoms with van der Waals surface area (Å²) in [7, 11) is 0. The molecule has 2 aliphatic rings. The number of hydrogen-bond donors (Lipinski definition) is 12. The van der Waals surface area contributed by atoms with Crippen molar-refractivity contribution in [1.29, 1.82) is 0 Å². The molecule has 12 N–H and O–H groups in total. The van der Waals surface area contributed by atoms with Crippen molar-refractivity contribution in [2.45, 2.75) is 164 Å². The number of hydrogen-bond acceptors (Lipinski definition) is 15. The largest absolute Gasteiger partial charge is 0.394 e. The van der Waals surface area contributed by atoms with Crippen molar-refractivity contribution in [1.82, 2.24) is 10.6 Å². The van der Waals surface area contributed by atoms with Crippen molar-refractivity contribution in [2.24, 2.45) is 0 Å². The standard InChI is InChI=1S/C31H62N2O13/c1-4-6-8-10-12-14-33-31(43)27(40)25(39)23(19-35)45-30(31,15-20(3)36)46-26-24(38)22(18-34)44-29(42,28(26)41)16-21(37)17-32-13-11-9-7-5-2/h20-28,32-43H,4-19H2,1-3H3/t20?,21?,22-,23-,24+,25+,26+,27+,28-,29-,30+,31-/m1/s1. The predicted octanol–water partition coefficient (Wildman–Crippen LogP) is -2.08. The van der Waals surface area contributed by atoms with E-state index < -0.39 is 98.3 Å². The van der Waals surface area contributed by atoms with Gasteiger partial charge >= 0.3 is 0 Å². The minimum Gasteiger partial charge on any atom is -0.394 e. The maximum atomic E-state index is 12.0. The second-order valence-electron chi connectivity index (χ2n) is 13.0. The third kappa shape index (κ3) is 10.5. The summed E-state index contributed by atoms with van der Waals surface area (Å²) in [4.78, 5) is 0. The molecule has 2 heterocycles. The lowest BCUT2D eigenvalue weighted by molar-refractivity contribution is -0.449. The molecule has 0 aromatic carbocycles. The number of rotatable bonds is 22. The highest BCUT2D eigenvalue weighted by atomic mass is 16.7. The Bertz CT molecular complexity index is 846. The average molecular weight is 671 g/mol. The maximum Gasteiger partial charge on any atom is 0.217 e. The molecular formula is C31H62N2O13. The van der Waals surface area contributed by atoms with Crippen LogP contribution in [0.3, 0.4) is 0 Å². The minimum absolute atomic E-state index is 0.0433. The smallest absolute Gasteiger partial charge is 0.217 e. The predicted molar refractivity (Wildman–Crippen MR) is 166 cm³/mol. The van der Waals surface area contributed by atoms with Crippen LogP contribution >= 0.6 is 0 Å². The van der Waals surface area contributed by atoms with E-state index in [1.54, 1.807) is 0 Å². The molecule has 2 rings (SSSR count). The van der Waals surface area contributed by atoms with Gasteiger partial charge in [0.05, 0.1) is 25.4 Å². The van der Waals surface area contributed by atoms with E-state index in [4.69, 9.17) is 14.2 Å². The van der Waals surface area contributed by atoms with E-state index in [1.165, 1.54) is 6.92 Å². The number of unbranched alkanes of at least 4 members (excludes halogenated alkanes) is 7. The van der Waals surface area contributed by atoms with Gasteiger partial charge in [0.1, 0.15) is 42.7 Å². The fourth-order valence-electron chi connectivity index (χ4n) is 6.31. The summed E-state index contributed by atoms with van der Waals surface area (Å²) >= 11 is 0. The molecule has 0 spiro atoms. The quantitative estimate of drug-likeness (QED) is 0.0436. The van der Waals surface area contributed by atoms with Crippen LogP contribution in [0.25, 0.3) is 0 Å². The van der Waals surface area contributed by atoms with E-state index in [1.807, 2.05) is 0 Å². The van der Waals surface area contributed by atoms with E-state index in [9.17, 15) is 51.1 Å². The SMILES string of the molecule is CCCCCCCN[C@@]1(O)[C@@H](O)[C@@H](O)[C@@H](CO)O[C@@]1(CC(C)O)O[C@H]1[C@@H](O)[C@@H](CO)O[C@](O)(CC(O)CNCCCCCC)[C@@H]1O. The third-order valence-electron chi connectivity index (χ3n) is 8.94. The summed E-state index contributed by atoms with van der Waals surface area (Å²) in [5.41, 5.74) is -2.67. The molecule has 2 saturated heterocycles. The number of aliphatic hydroxyl groups excluding tert-OH is 8. The Balaban J connectivity index is 2.40. The average Bonchev–Trinajstić information content (AvgIpc) is 3.01. The van der Waals surface area contributed by atoms with Crippen LogP contribution < -0.4 is 10.6 Å². The van der Waals surface area contributed by atoms with Crippen LogP contribution in [0.4, 0.5) is 0 Å². The van der Waals surface area contributed by atoms with Crippen LogP contribution in [0.2, 0.25) is 0 Å². The molecule has 0 amide bonds. The van der Waals surface area contributed by atoms with Gasteiger partial charge in [-0.25, -0.2) is 0 Å². The van der Waals surface area contributed by atoms with Crippen LogP contribution in [-0.2, 0) is 14.2 Å². The fraction of sp³-hybridized carbons (Fsp3) is 1.00. The zero-order chi connectivity index (χ0) is 34.5. The molecule has 2 aliphatic heterocycles. The van der Waals surface area contributed by atoms with Crippen LogP contribution in [0.5, 0.6) is 0 Å². The Hall–Kier alpha value is -0.600. The van der Waals surface area contributed by atoms with Gasteiger partial charge in [0.2, 0.25) is 5.79 Å². The molecule has 15 heteroatoms. The van der Waals surface area contributed by atoms with Gasteiger partial charge in [-0.1, -0.05) is 58.8 Å². The number of ether oxygens (including phenoxy) is 3. The first-order chi connectivity index (χ1) is 21.8. The Kier molecular flexibility index (Phi) is 17.7. The van der Waals surface area contributed by atoms with E-state index in [0.29, 0.717) is 13.0 Å². The fourth-order valence-corrected chi connectivity index (χ4v) is 6.31. The zero-order valence-electron chi connectivity index (χ0n) is 27.7. The molecule has 2 unspecified atom stereocenters. The molecule has 46 heavy (non-hydrogen) atoms. The Morgan fingerprint density at radius 3 is 1.89 bits per heavy atom. The molecule has 0 saturated carbocycles. The normalized spacial score (nSPS) is 38.2. The van der Waals surface area contributed by atoms with Crippen LogP contribution in [0.1, 0.15) is 91.4 Å². The first-order valence-corrected chi connectivity index (χ1v) is 17.0. The summed E-state index contributed by atoms with van der Waals surface area (Å²) < 4.78 is 17.6. The highest BCUT2D eigenvalue weighted by Crippen LogP contribution is 2.45. The Morgan fingerprint density at radius 1 is 0.739 bits per heavy atom. The monoisotopic (exact) mass is 670 g/mol. The van der Waals surface area contributed by atoms with Crippen molar-refractivity contribution in [3.8, 4) is 0 Å². The molecule has 0 aliphatic carbocycles. The Morgan fingerprint density at radius 2 is 1.30 bits per heavy atom. The first kappa shape index (κ1) is 41.6. The summed E-state index contributed by atoms with van der Waals surface area (Å²) in [5, 5.41) is 115. The van der Waals surface area contributed by atoms with Crippen LogP contribution in [-0.4, -0.2) is 156 Å². The molecular weight excluding hydrogens is 608 g/mol. The van der Waals surface area contributed by atoms with E-state index in [0.717, 1.165) is 51.4 Å². The molecule has 274 valence electrons. The van der Waals surface area contributed by atoms with Gasteiger partial charge in [-0.15, -0.1) is 0 Å². The molecule has 0 radical (unpaired) electrons. The molecule has 0 bridgehead atoms. The number of aliphatic hydroxyl groups is 10. The van der Waals surface area contributed by atoms with Crippen molar-refractivity contribution in [3.05, 3.63) is 0 Å². The molecule has 0 aromatic rings. The van der Waals surface area contributed by atoms with Gasteiger partial charge in [-0.3, -0.25) is 5.32 Å². The van der Waals surface area contributed by atoms with Crippen molar-refractivity contribution in [3.63, 3.8) is 0 Å². The molecule has 15 nitrogen and oxygen atoms in total. The molecule has 2 fully saturated rings. The molecule has 0 aromatic heterocycles. The van der Waals surface area contributed by atoms with E-state index >= 15 is 0 Å². The third-order valence-corrected chi connectivity index (χ3v) is 8.94. The number of nitrogens with one attached hydrogen (secondary N) is 2. The van der Waals surface area contributed by atoms with E-state index in [-0.39, 0.29) is 13.1 Å². The van der Waals surface area contributed by atoms with Crippen LogP contribution in [0, 0.1) is 0 Å². The van der Waals surface area contributed by atoms with Crippen molar-refractivity contribution < 1.29 is 65.3 Å². The van der Waals surface area contributed by atoms with Crippen molar-refractivity contribution in [2.75, 3.05) is 32.8 Å². The second-order valence-corrected chi connectivity index (χ2v) is 13.0. The van der Waals surface area contributed by atoms with Gasteiger partial charge in [0.15, 0.2) is 11.5 Å². The first-order valence-electron chi connectivity index (χ1n) is 17.0. The van der Waals surface area contributed by atoms with Gasteiger partial charge < -0.3 is 70.6 Å². The summed E-state index contributed by atoms with van der Waals surface area (Å²) in [6, 6.07) is 0. The highest BCUT2D eigenvalue weighted by Gasteiger charge is 2.67. The van der Waals surface area contributed by atoms with Gasteiger partial charge in [0, 0.05) is 19.4 Å². The topological polar surface area (TPSA) is 254 Å². The van der Waals surface area contributed by atoms with Gasteiger partial charge in [0.25, 0.3) is 0 Å². The van der Waals surface area contributed by atoms with Gasteiger partial charge in [-0.05, 0) is 32.9 Å². The Labute approximate surface area is 272 Å². The van der Waals surface area contributed by atoms with Crippen LogP contribution in [0.15, 0.2) is 0 Å². The summed E-state index contributed by atoms with van der Waals surface area (Å²) in [6.45, 7) is 4.57. The molecule has 12 atom stereocenters. The minimum atomic E-state index is -2.67. The van der Waals surface area contributed by atoms with E-state index in [2.05, 4.69) is 24.5 Å². The maximum absolute atomic E-state index is 12.0.